The topological polar surface area (TPSA) is 37.8 Å². The Kier molecular flexibility index (Phi) is 3.42. The molecule has 0 spiro atoms. The monoisotopic (exact) mass is 219 g/mol. The van der Waals surface area contributed by atoms with Crippen molar-refractivity contribution < 1.29 is 0 Å². The van der Waals surface area contributed by atoms with Gasteiger partial charge in [-0.05, 0) is 24.4 Å². The molecule has 0 aliphatic heterocycles. The van der Waals surface area contributed by atoms with Gasteiger partial charge < -0.3 is 5.32 Å². The van der Waals surface area contributed by atoms with Crippen molar-refractivity contribution in [1.82, 2.24) is 15.3 Å². The number of nitrogens with zero attached hydrogens (tertiary/aromatic N) is 2. The Bertz CT molecular complexity index is 385. The number of rotatable bonds is 4. The van der Waals surface area contributed by atoms with Crippen LogP contribution in [0.15, 0.2) is 36.1 Å². The van der Waals surface area contributed by atoms with E-state index in [4.69, 9.17) is 0 Å². The Morgan fingerprint density at radius 2 is 2.40 bits per heavy atom. The minimum absolute atomic E-state index is 0.375. The summed E-state index contributed by atoms with van der Waals surface area (Å²) in [5, 5.41) is 5.52. The Morgan fingerprint density at radius 1 is 1.47 bits per heavy atom. The fraction of sp³-hybridized carbons (Fsp3) is 0.273. The van der Waals surface area contributed by atoms with Crippen molar-refractivity contribution in [1.29, 1.82) is 0 Å². The average Bonchev–Trinajstić information content (AvgIpc) is 2.81. The fourth-order valence-corrected chi connectivity index (χ4v) is 2.08. The van der Waals surface area contributed by atoms with Gasteiger partial charge in [-0.25, -0.2) is 9.97 Å². The number of aromatic nitrogens is 2. The van der Waals surface area contributed by atoms with Gasteiger partial charge in [0.05, 0.1) is 5.69 Å². The van der Waals surface area contributed by atoms with Gasteiger partial charge in [0, 0.05) is 23.7 Å². The number of hydrogen-bond donors (Lipinski definition) is 1. The van der Waals surface area contributed by atoms with E-state index in [1.165, 1.54) is 4.88 Å². The largest absolute Gasteiger partial charge is 0.304 e. The van der Waals surface area contributed by atoms with Gasteiger partial charge in [-0.2, -0.15) is 0 Å². The molecule has 0 fully saturated rings. The van der Waals surface area contributed by atoms with Gasteiger partial charge >= 0.3 is 0 Å². The summed E-state index contributed by atoms with van der Waals surface area (Å²) in [6.45, 7) is 2.94. The van der Waals surface area contributed by atoms with Crippen LogP contribution in [0.1, 0.15) is 23.5 Å². The highest BCUT2D eigenvalue weighted by Crippen LogP contribution is 2.18. The molecule has 0 saturated heterocycles. The molecule has 0 radical (unpaired) electrons. The number of thiophene rings is 1. The minimum Gasteiger partial charge on any atom is -0.304 e. The van der Waals surface area contributed by atoms with E-state index in [0.717, 1.165) is 12.2 Å². The molecule has 2 rings (SSSR count). The Balaban J connectivity index is 1.89. The van der Waals surface area contributed by atoms with Crippen molar-refractivity contribution in [3.8, 4) is 0 Å². The van der Waals surface area contributed by atoms with Crippen LogP contribution in [0.25, 0.3) is 0 Å². The average molecular weight is 219 g/mol. The lowest BCUT2D eigenvalue weighted by molar-refractivity contribution is 0.575. The number of hydrogen-bond acceptors (Lipinski definition) is 4. The van der Waals surface area contributed by atoms with E-state index >= 15 is 0 Å². The lowest BCUT2D eigenvalue weighted by Crippen LogP contribution is -2.17. The Hall–Kier alpha value is -1.26. The maximum Gasteiger partial charge on any atom is 0.115 e. The van der Waals surface area contributed by atoms with Crippen molar-refractivity contribution >= 4 is 11.3 Å². The molecule has 3 nitrogen and oxygen atoms in total. The predicted octanol–water partition coefficient (Wildman–Crippen LogP) is 2.39. The Labute approximate surface area is 93.2 Å². The summed E-state index contributed by atoms with van der Waals surface area (Å²) >= 11 is 1.77. The van der Waals surface area contributed by atoms with Crippen LogP contribution in [0.3, 0.4) is 0 Å². The summed E-state index contributed by atoms with van der Waals surface area (Å²) in [5.41, 5.74) is 1.02. The molecule has 0 aliphatic rings. The third-order valence-corrected chi connectivity index (χ3v) is 3.26. The summed E-state index contributed by atoms with van der Waals surface area (Å²) < 4.78 is 0. The van der Waals surface area contributed by atoms with Gasteiger partial charge in [0.15, 0.2) is 0 Å². The zero-order chi connectivity index (χ0) is 10.5. The molecular weight excluding hydrogens is 206 g/mol. The van der Waals surface area contributed by atoms with Crippen molar-refractivity contribution in [3.05, 3.63) is 46.7 Å². The molecule has 15 heavy (non-hydrogen) atoms. The highest BCUT2D eigenvalue weighted by molar-refractivity contribution is 7.10. The van der Waals surface area contributed by atoms with Gasteiger partial charge in [-0.15, -0.1) is 11.3 Å². The summed E-state index contributed by atoms with van der Waals surface area (Å²) in [6, 6.07) is 6.51. The van der Waals surface area contributed by atoms with Crippen LogP contribution in [0, 0.1) is 0 Å². The fourth-order valence-electron chi connectivity index (χ4n) is 1.32. The van der Waals surface area contributed by atoms with Crippen LogP contribution in [0.5, 0.6) is 0 Å². The van der Waals surface area contributed by atoms with Crippen molar-refractivity contribution in [2.75, 3.05) is 0 Å². The second-order valence-corrected chi connectivity index (χ2v) is 4.30. The molecule has 0 amide bonds. The molecule has 2 aromatic rings. The summed E-state index contributed by atoms with van der Waals surface area (Å²) in [7, 11) is 0. The standard InChI is InChI=1S/C11H13N3S/c1-9(11-3-2-6-15-11)13-7-10-4-5-12-8-14-10/h2-6,8-9,13H,7H2,1H3. The molecule has 2 heterocycles. The molecular formula is C11H13N3S. The van der Waals surface area contributed by atoms with Crippen molar-refractivity contribution in [2.24, 2.45) is 0 Å². The minimum atomic E-state index is 0.375. The molecule has 0 aromatic carbocycles. The lowest BCUT2D eigenvalue weighted by Gasteiger charge is -2.11. The maximum atomic E-state index is 4.16. The van der Waals surface area contributed by atoms with E-state index in [9.17, 15) is 0 Å². The normalized spacial score (nSPS) is 12.6. The van der Waals surface area contributed by atoms with E-state index in [1.807, 2.05) is 6.07 Å². The van der Waals surface area contributed by atoms with E-state index in [2.05, 4.69) is 39.7 Å². The first-order chi connectivity index (χ1) is 7.36. The highest BCUT2D eigenvalue weighted by atomic mass is 32.1. The molecule has 2 aromatic heterocycles. The molecule has 1 N–H and O–H groups in total. The van der Waals surface area contributed by atoms with E-state index in [-0.39, 0.29) is 0 Å². The number of nitrogens with one attached hydrogen (secondary N) is 1. The zero-order valence-corrected chi connectivity index (χ0v) is 9.37. The Morgan fingerprint density at radius 3 is 3.07 bits per heavy atom. The predicted molar refractivity (Wildman–Crippen MR) is 61.6 cm³/mol. The van der Waals surface area contributed by atoms with Crippen LogP contribution in [-0.2, 0) is 6.54 Å². The van der Waals surface area contributed by atoms with Gasteiger partial charge in [-0.1, -0.05) is 6.07 Å². The molecule has 4 heteroatoms. The molecule has 78 valence electrons. The summed E-state index contributed by atoms with van der Waals surface area (Å²) in [4.78, 5) is 9.40. The lowest BCUT2D eigenvalue weighted by atomic mass is 10.2. The zero-order valence-electron chi connectivity index (χ0n) is 8.55. The second kappa shape index (κ2) is 5.00. The van der Waals surface area contributed by atoms with Crippen LogP contribution >= 0.6 is 11.3 Å². The molecule has 0 aliphatic carbocycles. The van der Waals surface area contributed by atoms with E-state index in [0.29, 0.717) is 6.04 Å². The van der Waals surface area contributed by atoms with E-state index in [1.54, 1.807) is 23.9 Å². The van der Waals surface area contributed by atoms with Crippen molar-refractivity contribution in [3.63, 3.8) is 0 Å². The molecule has 0 saturated carbocycles. The van der Waals surface area contributed by atoms with Crippen molar-refractivity contribution in [2.45, 2.75) is 19.5 Å². The molecule has 1 atom stereocenters. The first kappa shape index (κ1) is 10.3. The molecule has 1 unspecified atom stereocenters. The smallest absolute Gasteiger partial charge is 0.115 e. The second-order valence-electron chi connectivity index (χ2n) is 3.32. The maximum absolute atomic E-state index is 4.16. The first-order valence-electron chi connectivity index (χ1n) is 4.88. The van der Waals surface area contributed by atoms with Crippen LogP contribution < -0.4 is 5.32 Å². The first-order valence-corrected chi connectivity index (χ1v) is 5.76. The summed E-state index contributed by atoms with van der Waals surface area (Å²) in [5.74, 6) is 0. The molecule has 0 bridgehead atoms. The van der Waals surface area contributed by atoms with Gasteiger partial charge in [0.1, 0.15) is 6.33 Å². The van der Waals surface area contributed by atoms with Crippen LogP contribution in [0.4, 0.5) is 0 Å². The third-order valence-electron chi connectivity index (χ3n) is 2.20. The van der Waals surface area contributed by atoms with Gasteiger partial charge in [-0.3, -0.25) is 0 Å². The van der Waals surface area contributed by atoms with Crippen LogP contribution in [0.2, 0.25) is 0 Å². The van der Waals surface area contributed by atoms with Gasteiger partial charge in [0.25, 0.3) is 0 Å². The van der Waals surface area contributed by atoms with E-state index < -0.39 is 0 Å². The SMILES string of the molecule is CC(NCc1ccncn1)c1cccs1. The highest BCUT2D eigenvalue weighted by Gasteiger charge is 2.05. The third kappa shape index (κ3) is 2.84. The summed E-state index contributed by atoms with van der Waals surface area (Å²) in [6.07, 6.45) is 3.34. The van der Waals surface area contributed by atoms with Crippen LogP contribution in [-0.4, -0.2) is 9.97 Å². The van der Waals surface area contributed by atoms with Gasteiger partial charge in [0.2, 0.25) is 0 Å². The quantitative estimate of drug-likeness (QED) is 0.858.